The van der Waals surface area contributed by atoms with Crippen LogP contribution in [-0.4, -0.2) is 23.2 Å². The minimum absolute atomic E-state index is 0.154. The van der Waals surface area contributed by atoms with Crippen molar-refractivity contribution < 1.29 is 14.3 Å². The lowest BCUT2D eigenvalue weighted by Gasteiger charge is -2.23. The van der Waals surface area contributed by atoms with Crippen LogP contribution in [0.3, 0.4) is 0 Å². The minimum Gasteiger partial charge on any atom is -0.394 e. The zero-order valence-corrected chi connectivity index (χ0v) is 9.67. The van der Waals surface area contributed by atoms with Gasteiger partial charge in [-0.1, -0.05) is 0 Å². The van der Waals surface area contributed by atoms with Crippen LogP contribution in [0.2, 0.25) is 0 Å². The van der Waals surface area contributed by atoms with Crippen molar-refractivity contribution in [3.05, 3.63) is 35.1 Å². The van der Waals surface area contributed by atoms with Gasteiger partial charge < -0.3 is 10.4 Å². The van der Waals surface area contributed by atoms with Gasteiger partial charge in [0.05, 0.1) is 12.1 Å². The van der Waals surface area contributed by atoms with Crippen molar-refractivity contribution in [1.29, 1.82) is 0 Å². The van der Waals surface area contributed by atoms with Crippen molar-refractivity contribution in [2.45, 2.75) is 26.3 Å². The molecule has 0 saturated heterocycles. The van der Waals surface area contributed by atoms with Crippen LogP contribution >= 0.6 is 0 Å². The number of carbonyl (C=O) groups is 1. The molecule has 0 fully saturated rings. The first-order chi connectivity index (χ1) is 7.35. The Morgan fingerprint density at radius 1 is 1.50 bits per heavy atom. The summed E-state index contributed by atoms with van der Waals surface area (Å²) in [6.07, 6.45) is 0. The Morgan fingerprint density at radius 3 is 2.62 bits per heavy atom. The van der Waals surface area contributed by atoms with E-state index in [1.54, 1.807) is 20.8 Å². The summed E-state index contributed by atoms with van der Waals surface area (Å²) < 4.78 is 13.0. The van der Waals surface area contributed by atoms with Crippen molar-refractivity contribution in [2.24, 2.45) is 0 Å². The molecule has 4 heteroatoms. The van der Waals surface area contributed by atoms with E-state index in [1.807, 2.05) is 0 Å². The molecule has 2 N–H and O–H groups in total. The van der Waals surface area contributed by atoms with Crippen LogP contribution in [0.1, 0.15) is 29.8 Å². The lowest BCUT2D eigenvalue weighted by Crippen LogP contribution is -2.46. The summed E-state index contributed by atoms with van der Waals surface area (Å²) in [7, 11) is 0. The van der Waals surface area contributed by atoms with E-state index < -0.39 is 5.54 Å². The van der Waals surface area contributed by atoms with E-state index in [-0.39, 0.29) is 18.3 Å². The molecule has 0 spiro atoms. The number of aliphatic hydroxyl groups excluding tert-OH is 1. The van der Waals surface area contributed by atoms with Crippen LogP contribution in [0.5, 0.6) is 0 Å². The summed E-state index contributed by atoms with van der Waals surface area (Å²) in [6, 6.07) is 4.17. The number of carbonyl (C=O) groups excluding carboxylic acids is 1. The van der Waals surface area contributed by atoms with Crippen molar-refractivity contribution in [1.82, 2.24) is 5.32 Å². The van der Waals surface area contributed by atoms with Crippen molar-refractivity contribution in [3.8, 4) is 0 Å². The molecule has 0 unspecified atom stereocenters. The molecule has 0 heterocycles. The first-order valence-corrected chi connectivity index (χ1v) is 5.05. The highest BCUT2D eigenvalue weighted by atomic mass is 19.1. The van der Waals surface area contributed by atoms with Gasteiger partial charge in [-0.15, -0.1) is 0 Å². The topological polar surface area (TPSA) is 49.3 Å². The summed E-state index contributed by atoms with van der Waals surface area (Å²) in [5, 5.41) is 11.7. The van der Waals surface area contributed by atoms with E-state index in [0.717, 1.165) is 0 Å². The third-order valence-corrected chi connectivity index (χ3v) is 2.27. The molecule has 3 nitrogen and oxygen atoms in total. The molecule has 1 aromatic rings. The van der Waals surface area contributed by atoms with Crippen LogP contribution in [-0.2, 0) is 0 Å². The summed E-state index contributed by atoms with van der Waals surface area (Å²) in [4.78, 5) is 11.7. The molecular formula is C12H16FNO2. The number of nitrogens with one attached hydrogen (secondary N) is 1. The summed E-state index contributed by atoms with van der Waals surface area (Å²) in [5.41, 5.74) is 0.134. The fraction of sp³-hybridized carbons (Fsp3) is 0.417. The molecule has 1 rings (SSSR count). The number of hydrogen-bond acceptors (Lipinski definition) is 2. The second kappa shape index (κ2) is 4.61. The Labute approximate surface area is 94.3 Å². The van der Waals surface area contributed by atoms with Gasteiger partial charge in [0.2, 0.25) is 0 Å². The third-order valence-electron chi connectivity index (χ3n) is 2.27. The van der Waals surface area contributed by atoms with E-state index in [2.05, 4.69) is 5.32 Å². The fourth-order valence-electron chi connectivity index (χ4n) is 1.20. The molecule has 0 radical (unpaired) electrons. The Kier molecular flexibility index (Phi) is 3.65. The molecule has 0 aliphatic heterocycles. The number of rotatable bonds is 3. The summed E-state index contributed by atoms with van der Waals surface area (Å²) in [5.74, 6) is -0.653. The van der Waals surface area contributed by atoms with E-state index in [4.69, 9.17) is 5.11 Å². The lowest BCUT2D eigenvalue weighted by molar-refractivity contribution is 0.0869. The van der Waals surface area contributed by atoms with Crippen molar-refractivity contribution in [3.63, 3.8) is 0 Å². The molecule has 88 valence electrons. The lowest BCUT2D eigenvalue weighted by atomic mass is 10.1. The van der Waals surface area contributed by atoms with E-state index >= 15 is 0 Å². The normalized spacial score (nSPS) is 11.3. The molecule has 1 amide bonds. The predicted molar refractivity (Wildman–Crippen MR) is 59.8 cm³/mol. The summed E-state index contributed by atoms with van der Waals surface area (Å²) >= 11 is 0. The number of benzene rings is 1. The molecule has 0 bridgehead atoms. The minimum atomic E-state index is -0.681. The summed E-state index contributed by atoms with van der Waals surface area (Å²) in [6.45, 7) is 4.87. The second-order valence-corrected chi connectivity index (χ2v) is 4.46. The van der Waals surface area contributed by atoms with Gasteiger partial charge in [-0.2, -0.15) is 0 Å². The average molecular weight is 225 g/mol. The number of aliphatic hydroxyl groups is 1. The number of amides is 1. The molecule has 0 saturated carbocycles. The van der Waals surface area contributed by atoms with Crippen molar-refractivity contribution >= 4 is 5.91 Å². The molecule has 0 aliphatic rings. The smallest absolute Gasteiger partial charge is 0.251 e. The molecule has 0 aliphatic carbocycles. The Morgan fingerprint density at radius 2 is 2.12 bits per heavy atom. The largest absolute Gasteiger partial charge is 0.394 e. The van der Waals surface area contributed by atoms with Gasteiger partial charge in [-0.3, -0.25) is 4.79 Å². The van der Waals surface area contributed by atoms with Crippen LogP contribution in [0.15, 0.2) is 18.2 Å². The van der Waals surface area contributed by atoms with Gasteiger partial charge in [0.1, 0.15) is 5.82 Å². The van der Waals surface area contributed by atoms with Gasteiger partial charge >= 0.3 is 0 Å². The van der Waals surface area contributed by atoms with E-state index in [1.165, 1.54) is 18.2 Å². The molecular weight excluding hydrogens is 209 g/mol. The van der Waals surface area contributed by atoms with E-state index in [0.29, 0.717) is 11.1 Å². The zero-order chi connectivity index (χ0) is 12.3. The van der Waals surface area contributed by atoms with Gasteiger partial charge in [-0.05, 0) is 44.5 Å². The van der Waals surface area contributed by atoms with Gasteiger partial charge in [-0.25, -0.2) is 4.39 Å². The third kappa shape index (κ3) is 3.03. The van der Waals surface area contributed by atoms with Gasteiger partial charge in [0, 0.05) is 5.56 Å². The first kappa shape index (κ1) is 12.6. The fourth-order valence-corrected chi connectivity index (χ4v) is 1.20. The Bertz CT molecular complexity index is 402. The maximum atomic E-state index is 13.0. The molecule has 16 heavy (non-hydrogen) atoms. The Balaban J connectivity index is 2.85. The van der Waals surface area contributed by atoms with E-state index in [9.17, 15) is 9.18 Å². The zero-order valence-electron chi connectivity index (χ0n) is 9.67. The molecule has 0 aromatic heterocycles. The SMILES string of the molecule is Cc1cc(C(=O)NC(C)(C)CO)ccc1F. The van der Waals surface area contributed by atoms with Crippen LogP contribution in [0.25, 0.3) is 0 Å². The van der Waals surface area contributed by atoms with Gasteiger partial charge in [0.15, 0.2) is 0 Å². The molecule has 1 aromatic carbocycles. The van der Waals surface area contributed by atoms with Gasteiger partial charge in [0.25, 0.3) is 5.91 Å². The highest BCUT2D eigenvalue weighted by molar-refractivity contribution is 5.94. The quantitative estimate of drug-likeness (QED) is 0.821. The Hall–Kier alpha value is -1.42. The molecule has 0 atom stereocenters. The number of aryl methyl sites for hydroxylation is 1. The monoisotopic (exact) mass is 225 g/mol. The predicted octanol–water partition coefficient (Wildman–Crippen LogP) is 1.63. The van der Waals surface area contributed by atoms with Crippen LogP contribution in [0, 0.1) is 12.7 Å². The number of hydrogen-bond donors (Lipinski definition) is 2. The highest BCUT2D eigenvalue weighted by Crippen LogP contribution is 2.10. The maximum absolute atomic E-state index is 13.0. The highest BCUT2D eigenvalue weighted by Gasteiger charge is 2.20. The van der Waals surface area contributed by atoms with Crippen LogP contribution in [0.4, 0.5) is 4.39 Å². The van der Waals surface area contributed by atoms with Crippen LogP contribution < -0.4 is 5.32 Å². The first-order valence-electron chi connectivity index (χ1n) is 5.05. The second-order valence-electron chi connectivity index (χ2n) is 4.46. The maximum Gasteiger partial charge on any atom is 0.251 e. The standard InChI is InChI=1S/C12H16FNO2/c1-8-6-9(4-5-10(8)13)11(16)14-12(2,3)7-15/h4-6,15H,7H2,1-3H3,(H,14,16). The van der Waals surface area contributed by atoms with Crippen molar-refractivity contribution in [2.75, 3.05) is 6.61 Å². The number of halogens is 1. The average Bonchev–Trinajstić information content (AvgIpc) is 2.21.